The average molecular weight is 383 g/mol. The molecule has 8 heteroatoms. The Morgan fingerprint density at radius 1 is 1.04 bits per heavy atom. The minimum Gasteiger partial charge on any atom is -0.346 e. The number of rotatable bonds is 4. The number of nitrogens with zero attached hydrogens (tertiary/aromatic N) is 4. The molecule has 0 spiro atoms. The van der Waals surface area contributed by atoms with Gasteiger partial charge in [-0.2, -0.15) is 5.10 Å². The van der Waals surface area contributed by atoms with Gasteiger partial charge in [0.25, 0.3) is 0 Å². The molecule has 1 aliphatic heterocycles. The first-order valence-electron chi connectivity index (χ1n) is 9.40. The van der Waals surface area contributed by atoms with Crippen LogP contribution in [0.2, 0.25) is 0 Å². The lowest BCUT2D eigenvalue weighted by atomic mass is 10.2. The van der Waals surface area contributed by atoms with Crippen molar-refractivity contribution in [3.63, 3.8) is 0 Å². The maximum absolute atomic E-state index is 12.6. The zero-order valence-corrected chi connectivity index (χ0v) is 16.2. The van der Waals surface area contributed by atoms with Crippen LogP contribution in [0.5, 0.6) is 0 Å². The lowest BCUT2D eigenvalue weighted by Crippen LogP contribution is -2.54. The van der Waals surface area contributed by atoms with E-state index in [1.54, 1.807) is 15.8 Å². The monoisotopic (exact) mass is 383 g/mol. The van der Waals surface area contributed by atoms with Crippen molar-refractivity contribution in [3.8, 4) is 5.69 Å². The summed E-state index contributed by atoms with van der Waals surface area (Å²) in [5, 5.41) is 6.91. The van der Waals surface area contributed by atoms with Crippen LogP contribution in [0.1, 0.15) is 19.4 Å². The van der Waals surface area contributed by atoms with E-state index in [0.717, 1.165) is 11.3 Å². The van der Waals surface area contributed by atoms with Gasteiger partial charge >= 0.3 is 11.8 Å². The molecule has 0 bridgehead atoms. The first-order valence-corrected chi connectivity index (χ1v) is 9.40. The Morgan fingerprint density at radius 2 is 1.68 bits per heavy atom. The van der Waals surface area contributed by atoms with E-state index < -0.39 is 11.8 Å². The summed E-state index contributed by atoms with van der Waals surface area (Å²) < 4.78 is 1.74. The van der Waals surface area contributed by atoms with Crippen molar-refractivity contribution >= 4 is 17.7 Å². The molecule has 3 rings (SSSR count). The largest absolute Gasteiger partial charge is 0.346 e. The van der Waals surface area contributed by atoms with Crippen LogP contribution in [-0.4, -0.2) is 69.5 Å². The number of carbonyl (C=O) groups excluding carboxylic acids is 3. The normalized spacial score (nSPS) is 14.2. The molecule has 2 aromatic rings. The maximum atomic E-state index is 12.6. The van der Waals surface area contributed by atoms with Gasteiger partial charge in [-0.3, -0.25) is 14.4 Å². The van der Waals surface area contributed by atoms with Gasteiger partial charge in [0.15, 0.2) is 0 Å². The highest BCUT2D eigenvalue weighted by atomic mass is 16.2. The lowest BCUT2D eigenvalue weighted by molar-refractivity contribution is -0.148. The molecular formula is C20H25N5O3. The van der Waals surface area contributed by atoms with Crippen molar-refractivity contribution in [2.45, 2.75) is 26.3 Å². The number of piperazine rings is 1. The maximum Gasteiger partial charge on any atom is 0.312 e. The third-order valence-corrected chi connectivity index (χ3v) is 4.55. The van der Waals surface area contributed by atoms with Crippen molar-refractivity contribution in [2.24, 2.45) is 0 Å². The topological polar surface area (TPSA) is 87.5 Å². The summed E-state index contributed by atoms with van der Waals surface area (Å²) in [7, 11) is 0. The Labute approximate surface area is 164 Å². The Morgan fingerprint density at radius 3 is 2.32 bits per heavy atom. The summed E-state index contributed by atoms with van der Waals surface area (Å²) in [6.07, 6.45) is 3.80. The number of aromatic nitrogens is 2. The van der Waals surface area contributed by atoms with Gasteiger partial charge in [0.05, 0.1) is 18.3 Å². The number of para-hydroxylation sites is 1. The van der Waals surface area contributed by atoms with Crippen LogP contribution < -0.4 is 5.32 Å². The van der Waals surface area contributed by atoms with Crippen LogP contribution in [0, 0.1) is 0 Å². The van der Waals surface area contributed by atoms with E-state index in [1.807, 2.05) is 50.4 Å². The number of amides is 3. The number of hydrogen-bond donors (Lipinski definition) is 1. The van der Waals surface area contributed by atoms with E-state index in [2.05, 4.69) is 10.4 Å². The van der Waals surface area contributed by atoms with Crippen LogP contribution in [0.4, 0.5) is 0 Å². The van der Waals surface area contributed by atoms with E-state index in [1.165, 1.54) is 4.90 Å². The molecule has 1 saturated heterocycles. The lowest BCUT2D eigenvalue weighted by Gasteiger charge is -2.34. The summed E-state index contributed by atoms with van der Waals surface area (Å²) in [4.78, 5) is 39.8. The first-order chi connectivity index (χ1) is 13.4. The SMILES string of the molecule is CC(C)NC(=O)C(=O)N1CCN(C(=O)Cc2cnn(-c3ccccc3)c2)CC1. The summed E-state index contributed by atoms with van der Waals surface area (Å²) in [5.41, 5.74) is 1.77. The molecular weight excluding hydrogens is 358 g/mol. The number of nitrogens with one attached hydrogen (secondary N) is 1. The van der Waals surface area contributed by atoms with Gasteiger partial charge < -0.3 is 15.1 Å². The molecule has 1 N–H and O–H groups in total. The Bertz CT molecular complexity index is 839. The summed E-state index contributed by atoms with van der Waals surface area (Å²) in [6.45, 7) is 5.18. The number of hydrogen-bond acceptors (Lipinski definition) is 4. The van der Waals surface area contributed by atoms with Gasteiger partial charge in [0.1, 0.15) is 0 Å². The molecule has 1 aromatic heterocycles. The second-order valence-corrected chi connectivity index (χ2v) is 7.11. The highest BCUT2D eigenvalue weighted by molar-refractivity contribution is 6.35. The fraction of sp³-hybridized carbons (Fsp3) is 0.400. The minimum absolute atomic E-state index is 0.00802. The fourth-order valence-corrected chi connectivity index (χ4v) is 3.09. The van der Waals surface area contributed by atoms with Crippen LogP contribution >= 0.6 is 0 Å². The molecule has 0 aliphatic carbocycles. The molecule has 3 amide bonds. The van der Waals surface area contributed by atoms with Gasteiger partial charge in [-0.15, -0.1) is 0 Å². The minimum atomic E-state index is -0.594. The second kappa shape index (κ2) is 8.69. The van der Waals surface area contributed by atoms with Crippen LogP contribution in [-0.2, 0) is 20.8 Å². The zero-order chi connectivity index (χ0) is 20.1. The summed E-state index contributed by atoms with van der Waals surface area (Å²) in [5.74, 6) is -1.14. The Balaban J connectivity index is 1.51. The molecule has 8 nitrogen and oxygen atoms in total. The molecule has 148 valence electrons. The van der Waals surface area contributed by atoms with Gasteiger partial charge in [-0.05, 0) is 31.5 Å². The molecule has 1 aromatic carbocycles. The Hall–Kier alpha value is -3.16. The first kappa shape index (κ1) is 19.6. The highest BCUT2D eigenvalue weighted by Crippen LogP contribution is 2.10. The molecule has 0 unspecified atom stereocenters. The van der Waals surface area contributed by atoms with Crippen molar-refractivity contribution in [1.82, 2.24) is 24.9 Å². The predicted octanol–water partition coefficient (Wildman–Crippen LogP) is 0.610. The number of benzene rings is 1. The summed E-state index contributed by atoms with van der Waals surface area (Å²) >= 11 is 0. The molecule has 0 saturated carbocycles. The third kappa shape index (κ3) is 4.76. The smallest absolute Gasteiger partial charge is 0.312 e. The van der Waals surface area contributed by atoms with E-state index in [4.69, 9.17) is 0 Å². The van der Waals surface area contributed by atoms with Gasteiger partial charge in [-0.1, -0.05) is 18.2 Å². The fourth-order valence-electron chi connectivity index (χ4n) is 3.09. The summed E-state index contributed by atoms with van der Waals surface area (Å²) in [6, 6.07) is 9.62. The van der Waals surface area contributed by atoms with E-state index >= 15 is 0 Å². The van der Waals surface area contributed by atoms with Crippen LogP contribution in [0.25, 0.3) is 5.69 Å². The van der Waals surface area contributed by atoms with Crippen molar-refractivity contribution in [3.05, 3.63) is 48.3 Å². The molecule has 28 heavy (non-hydrogen) atoms. The quantitative estimate of drug-likeness (QED) is 0.784. The second-order valence-electron chi connectivity index (χ2n) is 7.11. The third-order valence-electron chi connectivity index (χ3n) is 4.55. The highest BCUT2D eigenvalue weighted by Gasteiger charge is 2.28. The molecule has 1 fully saturated rings. The molecule has 0 atom stereocenters. The van der Waals surface area contributed by atoms with Gasteiger partial charge in [0.2, 0.25) is 5.91 Å². The Kier molecular flexibility index (Phi) is 6.08. The predicted molar refractivity (Wildman–Crippen MR) is 104 cm³/mol. The van der Waals surface area contributed by atoms with E-state index in [9.17, 15) is 14.4 Å². The standard InChI is InChI=1S/C20H25N5O3/c1-15(2)22-19(27)20(28)24-10-8-23(9-11-24)18(26)12-16-13-21-25(14-16)17-6-4-3-5-7-17/h3-7,13-15H,8-12H2,1-2H3,(H,22,27). The van der Waals surface area contributed by atoms with E-state index in [0.29, 0.717) is 26.2 Å². The molecule has 1 aliphatic rings. The van der Waals surface area contributed by atoms with E-state index in [-0.39, 0.29) is 18.4 Å². The van der Waals surface area contributed by atoms with Crippen molar-refractivity contribution < 1.29 is 14.4 Å². The zero-order valence-electron chi connectivity index (χ0n) is 16.2. The van der Waals surface area contributed by atoms with Gasteiger partial charge in [-0.25, -0.2) is 4.68 Å². The molecule has 2 heterocycles. The van der Waals surface area contributed by atoms with Crippen molar-refractivity contribution in [2.75, 3.05) is 26.2 Å². The van der Waals surface area contributed by atoms with Crippen LogP contribution in [0.3, 0.4) is 0 Å². The molecule has 0 radical (unpaired) electrons. The average Bonchev–Trinajstić information content (AvgIpc) is 3.16. The van der Waals surface area contributed by atoms with Crippen molar-refractivity contribution in [1.29, 1.82) is 0 Å². The van der Waals surface area contributed by atoms with Gasteiger partial charge in [0, 0.05) is 38.4 Å². The van der Waals surface area contributed by atoms with Crippen LogP contribution in [0.15, 0.2) is 42.7 Å². The number of carbonyl (C=O) groups is 3.